The molecule has 5 heterocycles. The van der Waals surface area contributed by atoms with Crippen LogP contribution in [-0.4, -0.2) is 27.2 Å². The molecule has 1 aromatic carbocycles. The van der Waals surface area contributed by atoms with E-state index in [-0.39, 0.29) is 35.1 Å². The molecule has 34 heavy (non-hydrogen) atoms. The molecule has 0 fully saturated rings. The zero-order valence-corrected chi connectivity index (χ0v) is 20.4. The standard InChI is InChI=1S/C27H18N4O2.Na/c32-27(33)26-23-11-9-20(30-23)15-18-7-6-17(28-18)14-19-8-10-21(29-19)25(16-4-2-1-3-5-16)22-12-13-24(26)31-22;/h1-15,28,32-33H;/q;+1/p-1. The van der Waals surface area contributed by atoms with E-state index in [4.69, 9.17) is 9.98 Å². The number of allylic oxidation sites excluding steroid dienone is 8. The summed E-state index contributed by atoms with van der Waals surface area (Å²) in [6.45, 7) is 0. The average molecular weight is 452 g/mol. The molecule has 6 rings (SSSR count). The maximum absolute atomic E-state index is 12.2. The number of aliphatic hydroxyl groups is 1. The molecule has 8 bridgehead atoms. The molecule has 7 heteroatoms. The van der Waals surface area contributed by atoms with Crippen LogP contribution in [0.2, 0.25) is 0 Å². The molecule has 2 N–H and O–H groups in total. The molecule has 158 valence electrons. The minimum Gasteiger partial charge on any atom is -0.629 e. The zero-order valence-electron chi connectivity index (χ0n) is 18.4. The summed E-state index contributed by atoms with van der Waals surface area (Å²) in [6.07, 6.45) is 14.9. The Bertz CT molecular complexity index is 1500. The van der Waals surface area contributed by atoms with Crippen molar-refractivity contribution in [3.8, 4) is 0 Å². The Labute approximate surface area is 218 Å². The molecule has 0 spiro atoms. The minimum atomic E-state index is -1.07. The molecule has 0 aliphatic carbocycles. The van der Waals surface area contributed by atoms with Gasteiger partial charge in [0, 0.05) is 22.5 Å². The van der Waals surface area contributed by atoms with E-state index in [1.807, 2.05) is 72.8 Å². The maximum Gasteiger partial charge on any atom is 1.00 e. The first-order valence-corrected chi connectivity index (χ1v) is 10.5. The normalized spacial score (nSPS) is 19.4. The van der Waals surface area contributed by atoms with Crippen LogP contribution in [0.1, 0.15) is 17.0 Å². The molecule has 1 aromatic heterocycles. The van der Waals surface area contributed by atoms with Gasteiger partial charge in [0.2, 0.25) is 0 Å². The number of nitrogens with zero attached hydrogens (tertiary/aromatic N) is 3. The fourth-order valence-corrected chi connectivity index (χ4v) is 4.13. The molecule has 0 amide bonds. The summed E-state index contributed by atoms with van der Waals surface area (Å²) in [5.74, 6) is -1.07. The van der Waals surface area contributed by atoms with Gasteiger partial charge in [0.25, 0.3) is 0 Å². The average Bonchev–Trinajstić information content (AvgIpc) is 3.60. The number of hydrogen-bond donors (Lipinski definition) is 2. The molecule has 0 saturated carbocycles. The molecule has 0 radical (unpaired) electrons. The molecule has 0 saturated heterocycles. The van der Waals surface area contributed by atoms with Crippen molar-refractivity contribution >= 4 is 34.9 Å². The number of aliphatic hydroxyl groups excluding tert-OH is 1. The summed E-state index contributed by atoms with van der Waals surface area (Å²) < 4.78 is 0. The number of aromatic amines is 1. The number of benzene rings is 1. The number of hydrogen-bond acceptors (Lipinski definition) is 5. The molecule has 6 nitrogen and oxygen atoms in total. The van der Waals surface area contributed by atoms with Gasteiger partial charge in [-0.15, -0.1) is 0 Å². The third-order valence-corrected chi connectivity index (χ3v) is 5.60. The van der Waals surface area contributed by atoms with Crippen molar-refractivity contribution in [2.75, 3.05) is 0 Å². The molecular weight excluding hydrogens is 435 g/mol. The van der Waals surface area contributed by atoms with Crippen LogP contribution >= 0.6 is 0 Å². The summed E-state index contributed by atoms with van der Waals surface area (Å²) in [6, 6.07) is 13.8. The first kappa shape index (κ1) is 22.1. The molecular formula is C27H17N4NaO2. The fraction of sp³-hybridized carbons (Fsp3) is 0. The van der Waals surface area contributed by atoms with Crippen LogP contribution in [-0.2, 0) is 0 Å². The van der Waals surface area contributed by atoms with E-state index in [1.165, 1.54) is 0 Å². The summed E-state index contributed by atoms with van der Waals surface area (Å²) >= 11 is 0. The van der Waals surface area contributed by atoms with Gasteiger partial charge in [-0.1, -0.05) is 30.3 Å². The topological polar surface area (TPSA) is 96.2 Å². The van der Waals surface area contributed by atoms with Gasteiger partial charge in [-0.2, -0.15) is 0 Å². The summed E-state index contributed by atoms with van der Waals surface area (Å²) in [5.41, 5.74) is 7.30. The third-order valence-electron chi connectivity index (χ3n) is 5.60. The predicted molar refractivity (Wildman–Crippen MR) is 129 cm³/mol. The number of aromatic nitrogens is 1. The molecule has 4 aliphatic rings. The quantitative estimate of drug-likeness (QED) is 0.504. The van der Waals surface area contributed by atoms with Gasteiger partial charge < -0.3 is 15.2 Å². The number of aliphatic imine (C=N–C) groups is 3. The smallest absolute Gasteiger partial charge is 0.629 e. The number of nitrogens with one attached hydrogen (secondary N) is 1. The van der Waals surface area contributed by atoms with Crippen LogP contribution in [0.25, 0.3) is 17.7 Å². The Morgan fingerprint density at radius 3 is 1.97 bits per heavy atom. The van der Waals surface area contributed by atoms with Crippen molar-refractivity contribution in [3.05, 3.63) is 124 Å². The van der Waals surface area contributed by atoms with Crippen molar-refractivity contribution in [2.45, 2.75) is 0 Å². The van der Waals surface area contributed by atoms with E-state index in [2.05, 4.69) is 9.98 Å². The summed E-state index contributed by atoms with van der Waals surface area (Å²) in [4.78, 5) is 17.4. The number of fused-ring (bicyclic) bond motifs is 5. The van der Waals surface area contributed by atoms with E-state index in [9.17, 15) is 10.2 Å². The fourth-order valence-electron chi connectivity index (χ4n) is 4.13. The largest absolute Gasteiger partial charge is 1.00 e. The number of H-pyrrole nitrogens is 1. The van der Waals surface area contributed by atoms with Crippen molar-refractivity contribution in [1.29, 1.82) is 0 Å². The van der Waals surface area contributed by atoms with Gasteiger partial charge in [0.05, 0.1) is 40.2 Å². The van der Waals surface area contributed by atoms with Crippen LogP contribution in [0.5, 0.6) is 0 Å². The van der Waals surface area contributed by atoms with E-state index in [0.717, 1.165) is 33.9 Å². The van der Waals surface area contributed by atoms with Crippen LogP contribution in [0, 0.1) is 0 Å². The van der Waals surface area contributed by atoms with E-state index in [0.29, 0.717) is 22.8 Å². The Kier molecular flexibility index (Phi) is 5.79. The van der Waals surface area contributed by atoms with Gasteiger partial charge in [-0.05, 0) is 66.3 Å². The monoisotopic (exact) mass is 452 g/mol. The Hall–Kier alpha value is -3.71. The summed E-state index contributed by atoms with van der Waals surface area (Å²) in [7, 11) is 0. The van der Waals surface area contributed by atoms with E-state index < -0.39 is 5.95 Å². The Balaban J connectivity index is 0.00000241. The molecule has 4 aliphatic heterocycles. The summed E-state index contributed by atoms with van der Waals surface area (Å²) in [5, 5.41) is 22.2. The second-order valence-corrected chi connectivity index (χ2v) is 7.80. The minimum absolute atomic E-state index is 0. The SMILES string of the molecule is [Na+].[O-]C(O)=C1C2=NC(=Cc3ccc([nH]3)C=C3C=CC(=N3)C(c3ccccc3)=C3C=CC1=N3)C=C2. The van der Waals surface area contributed by atoms with Crippen molar-refractivity contribution in [1.82, 2.24) is 4.98 Å². The van der Waals surface area contributed by atoms with Gasteiger partial charge in [-0.3, -0.25) is 0 Å². The second-order valence-electron chi connectivity index (χ2n) is 7.80. The van der Waals surface area contributed by atoms with E-state index in [1.54, 1.807) is 18.2 Å². The van der Waals surface area contributed by atoms with Crippen molar-refractivity contribution in [3.63, 3.8) is 0 Å². The van der Waals surface area contributed by atoms with Crippen LogP contribution in [0.15, 0.2) is 123 Å². The zero-order chi connectivity index (χ0) is 22.4. The van der Waals surface area contributed by atoms with E-state index >= 15 is 0 Å². The third kappa shape index (κ3) is 4.03. The first-order valence-electron chi connectivity index (χ1n) is 10.5. The van der Waals surface area contributed by atoms with Crippen molar-refractivity contribution < 1.29 is 39.8 Å². The Morgan fingerprint density at radius 2 is 1.29 bits per heavy atom. The first-order chi connectivity index (χ1) is 16.1. The molecule has 0 unspecified atom stereocenters. The van der Waals surface area contributed by atoms with Crippen LogP contribution in [0.3, 0.4) is 0 Å². The van der Waals surface area contributed by atoms with Crippen molar-refractivity contribution in [2.24, 2.45) is 15.0 Å². The van der Waals surface area contributed by atoms with Gasteiger partial charge >= 0.3 is 29.6 Å². The maximum atomic E-state index is 12.2. The second kappa shape index (κ2) is 8.91. The Morgan fingerprint density at radius 1 is 0.706 bits per heavy atom. The van der Waals surface area contributed by atoms with Gasteiger partial charge in [0.15, 0.2) is 0 Å². The van der Waals surface area contributed by atoms with Gasteiger partial charge in [-0.25, -0.2) is 15.0 Å². The molecule has 2 aromatic rings. The van der Waals surface area contributed by atoms with Crippen LogP contribution < -0.4 is 34.7 Å². The molecule has 0 atom stereocenters. The van der Waals surface area contributed by atoms with Crippen LogP contribution in [0.4, 0.5) is 0 Å². The predicted octanol–water partition coefficient (Wildman–Crippen LogP) is 1.29. The number of rotatable bonds is 1. The van der Waals surface area contributed by atoms with Gasteiger partial charge in [0.1, 0.15) is 0 Å².